The van der Waals surface area contributed by atoms with Crippen molar-refractivity contribution in [1.82, 2.24) is 9.21 Å². The maximum atomic E-state index is 12.6. The summed E-state index contributed by atoms with van der Waals surface area (Å²) >= 11 is 0.845. The minimum atomic E-state index is -3.56. The first-order chi connectivity index (χ1) is 9.89. The van der Waals surface area contributed by atoms with E-state index in [0.29, 0.717) is 24.7 Å². The standard InChI is InChI=1S/C13H18N2O4S2/c1-9-8-11(20-12(9)13(16)17)21(18,19)15-6-4-14(5-7-15)10-2-3-10/h8,10H,2-7H2,1H3,(H,16,17). The van der Waals surface area contributed by atoms with E-state index in [0.717, 1.165) is 24.4 Å². The smallest absolute Gasteiger partial charge is 0.346 e. The molecular weight excluding hydrogens is 312 g/mol. The number of piperazine rings is 1. The largest absolute Gasteiger partial charge is 0.477 e. The summed E-state index contributed by atoms with van der Waals surface area (Å²) in [5.74, 6) is -1.07. The van der Waals surface area contributed by atoms with Crippen molar-refractivity contribution in [3.63, 3.8) is 0 Å². The summed E-state index contributed by atoms with van der Waals surface area (Å²) in [7, 11) is -3.56. The Kier molecular flexibility index (Phi) is 3.81. The molecule has 1 aliphatic carbocycles. The van der Waals surface area contributed by atoms with Crippen LogP contribution in [0.25, 0.3) is 0 Å². The number of carboxylic acids is 1. The van der Waals surface area contributed by atoms with E-state index >= 15 is 0 Å². The van der Waals surface area contributed by atoms with Gasteiger partial charge in [-0.05, 0) is 31.4 Å². The number of nitrogens with zero attached hydrogens (tertiary/aromatic N) is 2. The zero-order valence-corrected chi connectivity index (χ0v) is 13.4. The number of aromatic carboxylic acids is 1. The molecule has 2 fully saturated rings. The van der Waals surface area contributed by atoms with Gasteiger partial charge in [0.15, 0.2) is 0 Å². The molecule has 1 aliphatic heterocycles. The first-order valence-electron chi connectivity index (χ1n) is 6.97. The van der Waals surface area contributed by atoms with E-state index in [2.05, 4.69) is 4.90 Å². The minimum absolute atomic E-state index is 0.102. The Labute approximate surface area is 128 Å². The van der Waals surface area contributed by atoms with Gasteiger partial charge in [-0.15, -0.1) is 11.3 Å². The molecule has 0 radical (unpaired) electrons. The lowest BCUT2D eigenvalue weighted by Gasteiger charge is -2.33. The number of rotatable bonds is 4. The van der Waals surface area contributed by atoms with Gasteiger partial charge >= 0.3 is 5.97 Å². The van der Waals surface area contributed by atoms with Crippen molar-refractivity contribution < 1.29 is 18.3 Å². The van der Waals surface area contributed by atoms with Crippen LogP contribution in [-0.4, -0.2) is 60.9 Å². The molecule has 0 unspecified atom stereocenters. The van der Waals surface area contributed by atoms with Gasteiger partial charge in [-0.1, -0.05) is 0 Å². The Morgan fingerprint density at radius 3 is 2.38 bits per heavy atom. The van der Waals surface area contributed by atoms with Crippen molar-refractivity contribution in [2.75, 3.05) is 26.2 Å². The fourth-order valence-corrected chi connectivity index (χ4v) is 5.62. The van der Waals surface area contributed by atoms with Crippen LogP contribution < -0.4 is 0 Å². The zero-order chi connectivity index (χ0) is 15.2. The number of thiophene rings is 1. The summed E-state index contributed by atoms with van der Waals surface area (Å²) in [5, 5.41) is 9.05. The van der Waals surface area contributed by atoms with Gasteiger partial charge in [-0.2, -0.15) is 4.31 Å². The molecule has 6 nitrogen and oxygen atoms in total. The molecule has 1 aromatic heterocycles. The third-order valence-corrected chi connectivity index (χ3v) is 7.59. The first-order valence-corrected chi connectivity index (χ1v) is 9.23. The molecule has 21 heavy (non-hydrogen) atoms. The van der Waals surface area contributed by atoms with Crippen LogP contribution in [0, 0.1) is 6.92 Å². The molecule has 0 spiro atoms. The van der Waals surface area contributed by atoms with E-state index in [9.17, 15) is 13.2 Å². The Morgan fingerprint density at radius 2 is 1.90 bits per heavy atom. The third kappa shape index (κ3) is 2.85. The second-order valence-electron chi connectivity index (χ2n) is 5.55. The molecule has 1 aromatic rings. The molecule has 0 aromatic carbocycles. The second kappa shape index (κ2) is 5.35. The molecule has 3 rings (SSSR count). The second-order valence-corrected chi connectivity index (χ2v) is 8.77. The highest BCUT2D eigenvalue weighted by Gasteiger charge is 2.35. The number of carboxylic acid groups (broad SMARTS) is 1. The van der Waals surface area contributed by atoms with Gasteiger partial charge in [-0.3, -0.25) is 4.90 Å². The normalized spacial score (nSPS) is 21.6. The summed E-state index contributed by atoms with van der Waals surface area (Å²) in [4.78, 5) is 13.5. The molecule has 2 heterocycles. The Hall–Kier alpha value is -0.960. The molecule has 1 saturated carbocycles. The van der Waals surface area contributed by atoms with Crippen LogP contribution in [0.4, 0.5) is 0 Å². The number of sulfonamides is 1. The highest BCUT2D eigenvalue weighted by molar-refractivity contribution is 7.91. The topological polar surface area (TPSA) is 77.9 Å². The monoisotopic (exact) mass is 330 g/mol. The van der Waals surface area contributed by atoms with E-state index in [1.807, 2.05) is 0 Å². The van der Waals surface area contributed by atoms with Gasteiger partial charge in [0.1, 0.15) is 9.09 Å². The molecule has 1 N–H and O–H groups in total. The highest BCUT2D eigenvalue weighted by Crippen LogP contribution is 2.31. The van der Waals surface area contributed by atoms with Crippen LogP contribution >= 0.6 is 11.3 Å². The quantitative estimate of drug-likeness (QED) is 0.898. The van der Waals surface area contributed by atoms with Crippen molar-refractivity contribution in [2.24, 2.45) is 0 Å². The van der Waals surface area contributed by atoms with Crippen molar-refractivity contribution >= 4 is 27.3 Å². The van der Waals surface area contributed by atoms with Crippen molar-refractivity contribution in [1.29, 1.82) is 0 Å². The van der Waals surface area contributed by atoms with Crippen molar-refractivity contribution in [3.8, 4) is 0 Å². The van der Waals surface area contributed by atoms with Crippen LogP contribution in [0.2, 0.25) is 0 Å². The lowest BCUT2D eigenvalue weighted by Crippen LogP contribution is -2.49. The van der Waals surface area contributed by atoms with Gasteiger partial charge < -0.3 is 5.11 Å². The maximum Gasteiger partial charge on any atom is 0.346 e. The fourth-order valence-electron chi connectivity index (χ4n) is 2.67. The van der Waals surface area contributed by atoms with Gasteiger partial charge in [-0.25, -0.2) is 13.2 Å². The Morgan fingerprint density at radius 1 is 1.29 bits per heavy atom. The molecule has 0 bridgehead atoms. The molecule has 0 atom stereocenters. The maximum absolute atomic E-state index is 12.6. The molecule has 116 valence electrons. The number of aryl methyl sites for hydroxylation is 1. The van der Waals surface area contributed by atoms with E-state index in [1.165, 1.54) is 23.2 Å². The van der Waals surface area contributed by atoms with Crippen molar-refractivity contribution in [2.45, 2.75) is 30.0 Å². The van der Waals surface area contributed by atoms with Crippen LogP contribution in [0.5, 0.6) is 0 Å². The lowest BCUT2D eigenvalue weighted by atomic mass is 10.3. The molecule has 1 saturated heterocycles. The van der Waals surface area contributed by atoms with Crippen LogP contribution in [0.3, 0.4) is 0 Å². The van der Waals surface area contributed by atoms with Crippen LogP contribution in [0.15, 0.2) is 10.3 Å². The summed E-state index contributed by atoms with van der Waals surface area (Å²) in [6.07, 6.45) is 2.44. The minimum Gasteiger partial charge on any atom is -0.477 e. The Bertz CT molecular complexity index is 656. The summed E-state index contributed by atoms with van der Waals surface area (Å²) in [6, 6.07) is 2.12. The van der Waals surface area contributed by atoms with E-state index in [1.54, 1.807) is 6.92 Å². The van der Waals surface area contributed by atoms with Crippen LogP contribution in [0.1, 0.15) is 28.1 Å². The average Bonchev–Trinajstić information content (AvgIpc) is 3.21. The lowest BCUT2D eigenvalue weighted by molar-refractivity contribution is 0.0701. The SMILES string of the molecule is Cc1cc(S(=O)(=O)N2CCN(C3CC3)CC2)sc1C(=O)O. The van der Waals surface area contributed by atoms with Gasteiger partial charge in [0.05, 0.1) is 0 Å². The number of carbonyl (C=O) groups is 1. The summed E-state index contributed by atoms with van der Waals surface area (Å²) < 4.78 is 26.8. The highest BCUT2D eigenvalue weighted by atomic mass is 32.2. The molecule has 2 aliphatic rings. The van der Waals surface area contributed by atoms with Crippen molar-refractivity contribution in [3.05, 3.63) is 16.5 Å². The van der Waals surface area contributed by atoms with E-state index in [4.69, 9.17) is 5.11 Å². The average molecular weight is 330 g/mol. The number of hydrogen-bond donors (Lipinski definition) is 1. The predicted molar refractivity (Wildman–Crippen MR) is 79.4 cm³/mol. The summed E-state index contributed by atoms with van der Waals surface area (Å²) in [5.41, 5.74) is 0.502. The fraction of sp³-hybridized carbons (Fsp3) is 0.615. The summed E-state index contributed by atoms with van der Waals surface area (Å²) in [6.45, 7) is 4.13. The number of hydrogen-bond acceptors (Lipinski definition) is 5. The van der Waals surface area contributed by atoms with Crippen LogP contribution in [-0.2, 0) is 10.0 Å². The van der Waals surface area contributed by atoms with Gasteiger partial charge in [0.2, 0.25) is 0 Å². The van der Waals surface area contributed by atoms with Gasteiger partial charge in [0.25, 0.3) is 10.0 Å². The Balaban J connectivity index is 1.77. The van der Waals surface area contributed by atoms with E-state index < -0.39 is 16.0 Å². The third-order valence-electron chi connectivity index (χ3n) is 4.02. The van der Waals surface area contributed by atoms with E-state index in [-0.39, 0.29) is 9.09 Å². The zero-order valence-electron chi connectivity index (χ0n) is 11.8. The van der Waals surface area contributed by atoms with Gasteiger partial charge in [0, 0.05) is 32.2 Å². The molecule has 8 heteroatoms. The molecule has 0 amide bonds. The molecular formula is C13H18N2O4S2. The first kappa shape index (κ1) is 15.0. The predicted octanol–water partition coefficient (Wildman–Crippen LogP) is 1.22.